The van der Waals surface area contributed by atoms with Crippen molar-refractivity contribution >= 4 is 23.6 Å². The van der Waals surface area contributed by atoms with Crippen molar-refractivity contribution in [2.75, 3.05) is 26.0 Å². The van der Waals surface area contributed by atoms with E-state index >= 15 is 0 Å². The van der Waals surface area contributed by atoms with Gasteiger partial charge in [0, 0.05) is 23.7 Å². The fourth-order valence-electron chi connectivity index (χ4n) is 2.91. The molecule has 0 aromatic heterocycles. The van der Waals surface area contributed by atoms with Gasteiger partial charge in [0.1, 0.15) is 0 Å². The van der Waals surface area contributed by atoms with Crippen molar-refractivity contribution in [3.05, 3.63) is 29.8 Å². The van der Waals surface area contributed by atoms with Gasteiger partial charge >= 0.3 is 5.97 Å². The van der Waals surface area contributed by atoms with E-state index in [0.29, 0.717) is 19.5 Å². The zero-order valence-electron chi connectivity index (χ0n) is 11.4. The first-order chi connectivity index (χ1) is 9.70. The van der Waals surface area contributed by atoms with Crippen LogP contribution in [0, 0.1) is 5.92 Å². The van der Waals surface area contributed by atoms with Crippen LogP contribution >= 0.6 is 11.8 Å². The first kappa shape index (κ1) is 13.5. The molecule has 0 N–H and O–H groups in total. The molecule has 20 heavy (non-hydrogen) atoms. The molecule has 4 nitrogen and oxygen atoms in total. The molecule has 2 atom stereocenters. The molecule has 5 heteroatoms. The van der Waals surface area contributed by atoms with Crippen LogP contribution in [-0.2, 0) is 14.3 Å². The Morgan fingerprint density at radius 3 is 2.95 bits per heavy atom. The summed E-state index contributed by atoms with van der Waals surface area (Å²) in [6.45, 7) is 1.15. The van der Waals surface area contributed by atoms with Crippen LogP contribution in [0.1, 0.15) is 17.9 Å². The average Bonchev–Trinajstić information content (AvgIpc) is 3.12. The number of esters is 1. The number of hydrogen-bond acceptors (Lipinski definition) is 4. The van der Waals surface area contributed by atoms with Crippen LogP contribution in [-0.4, -0.2) is 42.7 Å². The molecule has 1 fully saturated rings. The van der Waals surface area contributed by atoms with Crippen molar-refractivity contribution in [3.63, 3.8) is 0 Å². The van der Waals surface area contributed by atoms with Crippen LogP contribution in [0.2, 0.25) is 0 Å². The number of rotatable bonds is 2. The predicted molar refractivity (Wildman–Crippen MR) is 76.6 cm³/mol. The number of hydrogen-bond donors (Lipinski definition) is 0. The van der Waals surface area contributed by atoms with E-state index in [2.05, 4.69) is 6.07 Å². The number of carbonyl (C=O) groups excluding carboxylic acids is 2. The Labute approximate surface area is 122 Å². The van der Waals surface area contributed by atoms with E-state index in [1.807, 2.05) is 23.1 Å². The zero-order chi connectivity index (χ0) is 14.1. The van der Waals surface area contributed by atoms with E-state index < -0.39 is 0 Å². The van der Waals surface area contributed by atoms with E-state index in [1.165, 1.54) is 12.0 Å². The van der Waals surface area contributed by atoms with Crippen molar-refractivity contribution in [3.8, 4) is 0 Å². The standard InChI is InChI=1S/C15H17NO3S/c1-19-15(18)10-6-7-16(8-10)14(17)12-9-20-13-5-3-2-4-11(12)13/h2-5,10,12H,6-9H2,1H3. The summed E-state index contributed by atoms with van der Waals surface area (Å²) >= 11 is 1.74. The minimum Gasteiger partial charge on any atom is -0.469 e. The molecular weight excluding hydrogens is 274 g/mol. The maximum Gasteiger partial charge on any atom is 0.310 e. The van der Waals surface area contributed by atoms with E-state index in [0.717, 1.165) is 11.3 Å². The number of carbonyl (C=O) groups is 2. The normalized spacial score (nSPS) is 24.6. The highest BCUT2D eigenvalue weighted by Gasteiger charge is 2.37. The van der Waals surface area contributed by atoms with Gasteiger partial charge in [0.15, 0.2) is 0 Å². The van der Waals surface area contributed by atoms with E-state index in [-0.39, 0.29) is 23.7 Å². The molecule has 1 amide bonds. The summed E-state index contributed by atoms with van der Waals surface area (Å²) in [5.74, 6) is 0.522. The quantitative estimate of drug-likeness (QED) is 0.781. The highest BCUT2D eigenvalue weighted by molar-refractivity contribution is 7.99. The van der Waals surface area contributed by atoms with E-state index in [9.17, 15) is 9.59 Å². The Balaban J connectivity index is 1.71. The smallest absolute Gasteiger partial charge is 0.310 e. The van der Waals surface area contributed by atoms with Crippen LogP contribution in [0.15, 0.2) is 29.2 Å². The number of methoxy groups -OCH3 is 1. The molecule has 0 saturated carbocycles. The Hall–Kier alpha value is -1.49. The molecule has 106 valence electrons. The monoisotopic (exact) mass is 291 g/mol. The lowest BCUT2D eigenvalue weighted by atomic mass is 10.00. The molecule has 0 radical (unpaired) electrons. The fourth-order valence-corrected chi connectivity index (χ4v) is 4.13. The maximum absolute atomic E-state index is 12.6. The van der Waals surface area contributed by atoms with Crippen molar-refractivity contribution < 1.29 is 14.3 Å². The Morgan fingerprint density at radius 2 is 2.15 bits per heavy atom. The topological polar surface area (TPSA) is 46.6 Å². The van der Waals surface area contributed by atoms with Gasteiger partial charge in [0.2, 0.25) is 5.91 Å². The molecule has 2 aliphatic heterocycles. The third-order valence-electron chi connectivity index (χ3n) is 4.03. The highest BCUT2D eigenvalue weighted by Crippen LogP contribution is 2.40. The molecule has 3 rings (SSSR count). The lowest BCUT2D eigenvalue weighted by Crippen LogP contribution is -2.34. The van der Waals surface area contributed by atoms with Gasteiger partial charge in [-0.05, 0) is 18.1 Å². The molecule has 0 bridgehead atoms. The van der Waals surface area contributed by atoms with Gasteiger partial charge in [0.25, 0.3) is 0 Å². The van der Waals surface area contributed by atoms with Gasteiger partial charge in [-0.15, -0.1) is 11.8 Å². The van der Waals surface area contributed by atoms with Crippen LogP contribution in [0.25, 0.3) is 0 Å². The summed E-state index contributed by atoms with van der Waals surface area (Å²) in [7, 11) is 1.40. The summed E-state index contributed by atoms with van der Waals surface area (Å²) in [6.07, 6.45) is 0.708. The molecule has 2 heterocycles. The Morgan fingerprint density at radius 1 is 1.35 bits per heavy atom. The molecule has 1 saturated heterocycles. The maximum atomic E-state index is 12.6. The van der Waals surface area contributed by atoms with Gasteiger partial charge in [-0.25, -0.2) is 0 Å². The van der Waals surface area contributed by atoms with Crippen LogP contribution in [0.3, 0.4) is 0 Å². The predicted octanol–water partition coefficient (Wildman–Crippen LogP) is 1.90. The van der Waals surface area contributed by atoms with Crippen LogP contribution in [0.4, 0.5) is 0 Å². The molecule has 2 aliphatic rings. The zero-order valence-corrected chi connectivity index (χ0v) is 12.2. The molecular formula is C15H17NO3S. The lowest BCUT2D eigenvalue weighted by molar-refractivity contribution is -0.145. The number of amides is 1. The second-order valence-corrected chi connectivity index (χ2v) is 6.26. The summed E-state index contributed by atoms with van der Waals surface area (Å²) in [6, 6.07) is 8.08. The van der Waals surface area contributed by atoms with Crippen molar-refractivity contribution in [2.45, 2.75) is 17.2 Å². The van der Waals surface area contributed by atoms with Gasteiger partial charge in [-0.1, -0.05) is 18.2 Å². The Kier molecular flexibility index (Phi) is 3.70. The molecule has 1 aromatic carbocycles. The summed E-state index contributed by atoms with van der Waals surface area (Å²) < 4.78 is 4.76. The van der Waals surface area contributed by atoms with Gasteiger partial charge in [0.05, 0.1) is 18.9 Å². The van der Waals surface area contributed by atoms with Crippen molar-refractivity contribution in [1.29, 1.82) is 0 Å². The summed E-state index contributed by atoms with van der Waals surface area (Å²) in [5.41, 5.74) is 1.13. The van der Waals surface area contributed by atoms with Gasteiger partial charge in [-0.2, -0.15) is 0 Å². The number of benzene rings is 1. The second kappa shape index (κ2) is 5.48. The first-order valence-corrected chi connectivity index (χ1v) is 7.77. The fraction of sp³-hybridized carbons (Fsp3) is 0.467. The van der Waals surface area contributed by atoms with Gasteiger partial charge in [-0.3, -0.25) is 9.59 Å². The number of ether oxygens (including phenoxy) is 1. The average molecular weight is 291 g/mol. The van der Waals surface area contributed by atoms with Gasteiger partial charge < -0.3 is 9.64 Å². The molecule has 0 spiro atoms. The summed E-state index contributed by atoms with van der Waals surface area (Å²) in [4.78, 5) is 27.2. The lowest BCUT2D eigenvalue weighted by Gasteiger charge is -2.20. The summed E-state index contributed by atoms with van der Waals surface area (Å²) in [5, 5.41) is 0. The second-order valence-electron chi connectivity index (χ2n) is 5.19. The number of fused-ring (bicyclic) bond motifs is 1. The van der Waals surface area contributed by atoms with E-state index in [4.69, 9.17) is 4.74 Å². The number of nitrogens with zero attached hydrogens (tertiary/aromatic N) is 1. The van der Waals surface area contributed by atoms with Crippen LogP contribution in [0.5, 0.6) is 0 Å². The van der Waals surface area contributed by atoms with E-state index in [1.54, 1.807) is 11.8 Å². The third-order valence-corrected chi connectivity index (χ3v) is 5.22. The molecule has 2 unspecified atom stereocenters. The number of likely N-dealkylation sites (tertiary alicyclic amines) is 1. The first-order valence-electron chi connectivity index (χ1n) is 6.79. The highest BCUT2D eigenvalue weighted by atomic mass is 32.2. The van der Waals surface area contributed by atoms with Crippen molar-refractivity contribution in [2.24, 2.45) is 5.92 Å². The largest absolute Gasteiger partial charge is 0.469 e. The molecule has 1 aromatic rings. The SMILES string of the molecule is COC(=O)C1CCN(C(=O)C2CSc3ccccc32)C1. The third kappa shape index (κ3) is 2.30. The minimum atomic E-state index is -0.207. The van der Waals surface area contributed by atoms with Crippen LogP contribution < -0.4 is 0 Å². The Bertz CT molecular complexity index is 546. The minimum absolute atomic E-state index is 0.0624. The van der Waals surface area contributed by atoms with Crippen molar-refractivity contribution in [1.82, 2.24) is 4.90 Å². The number of thioether (sulfide) groups is 1. The molecule has 0 aliphatic carbocycles.